The molecule has 3 fully saturated rings. The molecule has 4 N–H and O–H groups in total. The fourth-order valence-electron chi connectivity index (χ4n) is 9.04. The number of rotatable bonds is 9. The van der Waals surface area contributed by atoms with Crippen LogP contribution in [-0.4, -0.2) is 72.6 Å². The maximum absolute atomic E-state index is 14.3. The molecule has 4 atom stereocenters. The fourth-order valence-corrected chi connectivity index (χ4v) is 9.04. The molecule has 6 aromatic rings. The largest absolute Gasteiger partial charge is 0.340 e. The highest BCUT2D eigenvalue weighted by Gasteiger charge is 2.39. The molecule has 2 aromatic heterocycles. The van der Waals surface area contributed by atoms with Crippen LogP contribution in [0.3, 0.4) is 0 Å². The van der Waals surface area contributed by atoms with Crippen LogP contribution in [0.4, 0.5) is 0 Å². The molecule has 0 bridgehead atoms. The number of aromatic nitrogens is 4. The van der Waals surface area contributed by atoms with Crippen molar-refractivity contribution in [3.05, 3.63) is 156 Å². The normalized spacial score (nSPS) is 19.3. The highest BCUT2D eigenvalue weighted by atomic mass is 16.2. The van der Waals surface area contributed by atoms with Crippen molar-refractivity contribution in [1.29, 1.82) is 0 Å². The van der Waals surface area contributed by atoms with E-state index in [1.165, 1.54) is 6.42 Å². The molecule has 0 unspecified atom stereocenters. The minimum Gasteiger partial charge on any atom is -0.340 e. The second kappa shape index (κ2) is 17.3. The van der Waals surface area contributed by atoms with Crippen LogP contribution in [0.15, 0.2) is 122 Å². The zero-order valence-electron chi connectivity index (χ0n) is 33.3. The Morgan fingerprint density at radius 1 is 0.593 bits per heavy atom. The average molecular weight is 783 g/mol. The van der Waals surface area contributed by atoms with Crippen LogP contribution in [0.1, 0.15) is 103 Å². The number of nitrogens with zero attached hydrogens (tertiary/aromatic N) is 5. The zero-order chi connectivity index (χ0) is 40.1. The van der Waals surface area contributed by atoms with Crippen molar-refractivity contribution in [3.8, 4) is 34.2 Å². The summed E-state index contributed by atoms with van der Waals surface area (Å²) in [5, 5.41) is 0. The van der Waals surface area contributed by atoms with Crippen LogP contribution >= 0.6 is 0 Å². The Hall–Kier alpha value is -6.28. The van der Waals surface area contributed by atoms with Crippen LogP contribution in [0.25, 0.3) is 22.4 Å². The zero-order valence-corrected chi connectivity index (χ0v) is 33.3. The van der Waals surface area contributed by atoms with Gasteiger partial charge in [0.1, 0.15) is 29.4 Å². The van der Waals surface area contributed by atoms with Gasteiger partial charge in [0.25, 0.3) is 0 Å². The first-order valence-corrected chi connectivity index (χ1v) is 21.0. The van der Waals surface area contributed by atoms with Gasteiger partial charge in [0.05, 0.1) is 30.2 Å². The number of hydrogen-bond acceptors (Lipinski definition) is 6. The van der Waals surface area contributed by atoms with Crippen LogP contribution in [-0.2, 0) is 9.59 Å². The first-order chi connectivity index (χ1) is 29.0. The Kier molecular flexibility index (Phi) is 11.2. The number of carbonyl (C=O) groups is 2. The summed E-state index contributed by atoms with van der Waals surface area (Å²) in [5.41, 5.74) is 14.0. The summed E-state index contributed by atoms with van der Waals surface area (Å²) in [6, 6.07) is 35.3. The van der Waals surface area contributed by atoms with E-state index in [0.717, 1.165) is 109 Å². The Morgan fingerprint density at radius 2 is 1.15 bits per heavy atom. The van der Waals surface area contributed by atoms with Crippen molar-refractivity contribution < 1.29 is 9.59 Å². The second-order valence-electron chi connectivity index (χ2n) is 15.9. The Bertz CT molecular complexity index is 2420. The van der Waals surface area contributed by atoms with E-state index in [1.54, 1.807) is 6.20 Å². The molecule has 5 heterocycles. The molecule has 9 rings (SSSR count). The minimum atomic E-state index is -0.702. The Labute approximate surface area is 345 Å². The molecule has 0 aliphatic carbocycles. The summed E-state index contributed by atoms with van der Waals surface area (Å²) in [5.74, 6) is 8.15. The minimum absolute atomic E-state index is 0.0681. The van der Waals surface area contributed by atoms with Crippen LogP contribution < -0.4 is 5.73 Å². The number of aromatic amines is 2. The Morgan fingerprint density at radius 3 is 1.81 bits per heavy atom. The van der Waals surface area contributed by atoms with Crippen molar-refractivity contribution >= 4 is 11.8 Å². The third-order valence-electron chi connectivity index (χ3n) is 12.2. The average Bonchev–Trinajstić information content (AvgIpc) is 4.14. The van der Waals surface area contributed by atoms with Crippen molar-refractivity contribution in [1.82, 2.24) is 34.6 Å². The molecule has 10 nitrogen and oxygen atoms in total. The first-order valence-electron chi connectivity index (χ1n) is 21.0. The molecule has 0 saturated carbocycles. The van der Waals surface area contributed by atoms with Gasteiger partial charge in [-0.3, -0.25) is 14.5 Å². The number of benzene rings is 4. The number of amides is 2. The van der Waals surface area contributed by atoms with Gasteiger partial charge in [0.15, 0.2) is 0 Å². The predicted octanol–water partition coefficient (Wildman–Crippen LogP) is 8.12. The van der Waals surface area contributed by atoms with E-state index in [9.17, 15) is 9.59 Å². The number of nitrogens with two attached hydrogens (primary N) is 1. The van der Waals surface area contributed by atoms with E-state index in [2.05, 4.69) is 85.1 Å². The summed E-state index contributed by atoms with van der Waals surface area (Å²) in [7, 11) is 0. The number of H-pyrrole nitrogens is 2. The van der Waals surface area contributed by atoms with Gasteiger partial charge in [0, 0.05) is 18.7 Å². The summed E-state index contributed by atoms with van der Waals surface area (Å²) >= 11 is 0. The quantitative estimate of drug-likeness (QED) is 0.127. The van der Waals surface area contributed by atoms with Gasteiger partial charge in [-0.05, 0) is 97.5 Å². The van der Waals surface area contributed by atoms with E-state index in [0.29, 0.717) is 12.2 Å². The summed E-state index contributed by atoms with van der Waals surface area (Å²) in [6.45, 7) is 3.30. The van der Waals surface area contributed by atoms with Gasteiger partial charge >= 0.3 is 0 Å². The molecular formula is C49H50N8O2. The Balaban J connectivity index is 0.836. The number of piperidine rings is 1. The summed E-state index contributed by atoms with van der Waals surface area (Å²) < 4.78 is 0. The van der Waals surface area contributed by atoms with Gasteiger partial charge in [-0.25, -0.2) is 9.97 Å². The number of carbonyl (C=O) groups excluding carboxylic acids is 2. The monoisotopic (exact) mass is 782 g/mol. The fraction of sp³-hybridized carbons (Fsp3) is 0.306. The molecule has 59 heavy (non-hydrogen) atoms. The second-order valence-corrected chi connectivity index (χ2v) is 15.9. The number of likely N-dealkylation sites (tertiary alicyclic amines) is 3. The van der Waals surface area contributed by atoms with E-state index >= 15 is 0 Å². The lowest BCUT2D eigenvalue weighted by Crippen LogP contribution is -2.44. The molecule has 4 aromatic carbocycles. The van der Waals surface area contributed by atoms with Crippen LogP contribution in [0, 0.1) is 11.8 Å². The molecule has 3 aliphatic heterocycles. The highest BCUT2D eigenvalue weighted by molar-refractivity contribution is 5.84. The van der Waals surface area contributed by atoms with Crippen molar-refractivity contribution in [2.45, 2.75) is 69.1 Å². The molecule has 0 spiro atoms. The lowest BCUT2D eigenvalue weighted by atomic mass is 10.00. The van der Waals surface area contributed by atoms with Gasteiger partial charge in [0.2, 0.25) is 11.8 Å². The number of imidazole rings is 2. The predicted molar refractivity (Wildman–Crippen MR) is 229 cm³/mol. The molecule has 2 amide bonds. The maximum Gasteiger partial charge on any atom is 0.245 e. The van der Waals surface area contributed by atoms with E-state index in [-0.39, 0.29) is 29.9 Å². The molecule has 10 heteroatoms. The van der Waals surface area contributed by atoms with Crippen LogP contribution in [0.2, 0.25) is 0 Å². The molecule has 298 valence electrons. The van der Waals surface area contributed by atoms with Crippen molar-refractivity contribution in [2.75, 3.05) is 26.2 Å². The summed E-state index contributed by atoms with van der Waals surface area (Å²) in [4.78, 5) is 50.3. The third kappa shape index (κ3) is 8.22. The first kappa shape index (κ1) is 38.2. The topological polar surface area (TPSA) is 127 Å². The third-order valence-corrected chi connectivity index (χ3v) is 12.2. The smallest absolute Gasteiger partial charge is 0.245 e. The van der Waals surface area contributed by atoms with Gasteiger partial charge in [-0.15, -0.1) is 0 Å². The lowest BCUT2D eigenvalue weighted by Gasteiger charge is -2.37. The summed E-state index contributed by atoms with van der Waals surface area (Å²) in [6.07, 6.45) is 10.7. The molecule has 3 saturated heterocycles. The highest BCUT2D eigenvalue weighted by Crippen LogP contribution is 2.37. The number of hydrogen-bond donors (Lipinski definition) is 3. The SMILES string of the molecule is N[C@@H](C(=O)N1CCC[C@H]1c1ncc(C#Cc2ccc(-c3ccc(-c4cnc([C@@H]5CCCN5C(=O)[C@@H](c5ccccc5)N5CCCCC5)[nH]4)cc3)cc2)[nH]1)c1ccccc1. The molecule has 3 aliphatic rings. The van der Waals surface area contributed by atoms with Gasteiger partial charge in [-0.2, -0.15) is 0 Å². The van der Waals surface area contributed by atoms with Crippen molar-refractivity contribution in [2.24, 2.45) is 5.73 Å². The molecule has 0 radical (unpaired) electrons. The molecular weight excluding hydrogens is 733 g/mol. The number of nitrogens with one attached hydrogen (secondary N) is 2. The standard InChI is InChI=1S/C49H50N8O2/c50-44(38-12-4-1-5-13-38)48(58)56-30-10-16-42(56)46-51-32-40(53-46)27-20-34-18-21-35(22-19-34)36-23-25-37(26-24-36)41-33-52-47(54-41)43-17-11-31-57(43)49(59)45(39-14-6-2-7-15-39)55-28-8-3-9-29-55/h1-2,4-7,12-15,18-19,21-26,32-33,42-45H,3,8-11,16-17,28-31,50H2,(H,51,53)(H,52,54)/t42-,43-,44+,45+/m0/s1. The van der Waals surface area contributed by atoms with E-state index < -0.39 is 6.04 Å². The lowest BCUT2D eigenvalue weighted by molar-refractivity contribution is -0.139. The van der Waals surface area contributed by atoms with Gasteiger partial charge < -0.3 is 25.5 Å². The van der Waals surface area contributed by atoms with Gasteiger partial charge in [-0.1, -0.05) is 109 Å². The van der Waals surface area contributed by atoms with Crippen LogP contribution in [0.5, 0.6) is 0 Å². The maximum atomic E-state index is 14.3. The van der Waals surface area contributed by atoms with E-state index in [4.69, 9.17) is 10.7 Å². The van der Waals surface area contributed by atoms with E-state index in [1.807, 2.05) is 71.8 Å². The van der Waals surface area contributed by atoms with Crippen molar-refractivity contribution in [3.63, 3.8) is 0 Å².